The highest BCUT2D eigenvalue weighted by molar-refractivity contribution is 6.35. The molecular weight excluding hydrogens is 342 g/mol. The van der Waals surface area contributed by atoms with E-state index in [2.05, 4.69) is 25.5 Å². The lowest BCUT2D eigenvalue weighted by molar-refractivity contribution is -0.139. The summed E-state index contributed by atoms with van der Waals surface area (Å²) in [7, 11) is 0. The van der Waals surface area contributed by atoms with E-state index in [1.807, 2.05) is 30.3 Å². The molecule has 2 N–H and O–H groups in total. The summed E-state index contributed by atoms with van der Waals surface area (Å²) in [6.07, 6.45) is 6.07. The molecule has 7 heteroatoms. The third kappa shape index (κ3) is 5.77. The number of carbonyl (C=O) groups is 2. The second-order valence-electron chi connectivity index (χ2n) is 6.68. The molecule has 0 aliphatic carbocycles. The van der Waals surface area contributed by atoms with Crippen LogP contribution in [0.4, 0.5) is 5.95 Å². The Hall–Kier alpha value is -2.96. The van der Waals surface area contributed by atoms with Crippen LogP contribution in [0.25, 0.3) is 0 Å². The van der Waals surface area contributed by atoms with Gasteiger partial charge in [-0.2, -0.15) is 0 Å². The van der Waals surface area contributed by atoms with Crippen molar-refractivity contribution in [1.29, 1.82) is 0 Å². The number of nitrogens with zero attached hydrogens (tertiary/aromatic N) is 3. The Kier molecular flexibility index (Phi) is 6.73. The molecule has 1 fully saturated rings. The second kappa shape index (κ2) is 9.66. The predicted molar refractivity (Wildman–Crippen MR) is 103 cm³/mol. The minimum atomic E-state index is -0.568. The summed E-state index contributed by atoms with van der Waals surface area (Å²) in [6, 6.07) is 11.7. The summed E-state index contributed by atoms with van der Waals surface area (Å²) in [5, 5.41) is 5.43. The molecule has 1 aliphatic rings. The van der Waals surface area contributed by atoms with Crippen molar-refractivity contribution in [2.24, 2.45) is 5.92 Å². The Morgan fingerprint density at radius 1 is 0.963 bits per heavy atom. The predicted octanol–water partition coefficient (Wildman–Crippen LogP) is 1.17. The van der Waals surface area contributed by atoms with Gasteiger partial charge in [-0.25, -0.2) is 9.97 Å². The Labute approximate surface area is 159 Å². The van der Waals surface area contributed by atoms with E-state index in [-0.39, 0.29) is 0 Å². The van der Waals surface area contributed by atoms with E-state index in [9.17, 15) is 9.59 Å². The standard InChI is InChI=1S/C20H25N5O2/c26-18(21-12-7-16-5-2-1-3-6-16)19(27)24-15-17-8-13-25(14-9-17)20-22-10-4-11-23-20/h1-6,10-11,17H,7-9,12-15H2,(H,21,26)(H,24,27). The summed E-state index contributed by atoms with van der Waals surface area (Å²) in [6.45, 7) is 2.68. The molecule has 142 valence electrons. The molecule has 0 spiro atoms. The monoisotopic (exact) mass is 367 g/mol. The van der Waals surface area contributed by atoms with Crippen molar-refractivity contribution >= 4 is 17.8 Å². The smallest absolute Gasteiger partial charge is 0.309 e. The largest absolute Gasteiger partial charge is 0.348 e. The Balaban J connectivity index is 1.32. The van der Waals surface area contributed by atoms with Gasteiger partial charge in [-0.1, -0.05) is 30.3 Å². The molecule has 1 aromatic carbocycles. The molecule has 27 heavy (non-hydrogen) atoms. The summed E-state index contributed by atoms with van der Waals surface area (Å²) >= 11 is 0. The van der Waals surface area contributed by atoms with Gasteiger partial charge in [0.2, 0.25) is 5.95 Å². The van der Waals surface area contributed by atoms with Crippen molar-refractivity contribution in [1.82, 2.24) is 20.6 Å². The van der Waals surface area contributed by atoms with Crippen LogP contribution in [0.3, 0.4) is 0 Å². The van der Waals surface area contributed by atoms with Gasteiger partial charge in [-0.3, -0.25) is 9.59 Å². The molecule has 0 unspecified atom stereocenters. The molecule has 2 amide bonds. The van der Waals surface area contributed by atoms with Crippen molar-refractivity contribution in [3.63, 3.8) is 0 Å². The number of rotatable bonds is 6. The van der Waals surface area contributed by atoms with E-state index in [1.54, 1.807) is 18.5 Å². The van der Waals surface area contributed by atoms with Gasteiger partial charge in [0.15, 0.2) is 0 Å². The van der Waals surface area contributed by atoms with Crippen LogP contribution in [0.15, 0.2) is 48.8 Å². The topological polar surface area (TPSA) is 87.2 Å². The normalized spacial score (nSPS) is 14.6. The van der Waals surface area contributed by atoms with Crippen LogP contribution in [-0.4, -0.2) is 48.0 Å². The molecule has 1 saturated heterocycles. The molecule has 2 heterocycles. The van der Waals surface area contributed by atoms with Crippen molar-refractivity contribution in [3.8, 4) is 0 Å². The number of aromatic nitrogens is 2. The molecule has 7 nitrogen and oxygen atoms in total. The van der Waals surface area contributed by atoms with Crippen molar-refractivity contribution in [2.45, 2.75) is 19.3 Å². The number of piperidine rings is 1. The average molecular weight is 367 g/mol. The minimum Gasteiger partial charge on any atom is -0.348 e. The summed E-state index contributed by atoms with van der Waals surface area (Å²) in [5.41, 5.74) is 1.13. The third-order valence-electron chi connectivity index (χ3n) is 4.75. The van der Waals surface area contributed by atoms with E-state index in [4.69, 9.17) is 0 Å². The van der Waals surface area contributed by atoms with Gasteiger partial charge in [0.25, 0.3) is 0 Å². The quantitative estimate of drug-likeness (QED) is 0.749. The Morgan fingerprint density at radius 3 is 2.33 bits per heavy atom. The first-order valence-electron chi connectivity index (χ1n) is 9.34. The lowest BCUT2D eigenvalue weighted by Gasteiger charge is -2.31. The molecule has 0 atom stereocenters. The zero-order valence-corrected chi connectivity index (χ0v) is 15.3. The van der Waals surface area contributed by atoms with E-state index in [0.29, 0.717) is 25.4 Å². The van der Waals surface area contributed by atoms with Gasteiger partial charge < -0.3 is 15.5 Å². The average Bonchev–Trinajstić information content (AvgIpc) is 2.73. The maximum absolute atomic E-state index is 12.0. The highest BCUT2D eigenvalue weighted by atomic mass is 16.2. The molecule has 0 bridgehead atoms. The fourth-order valence-electron chi connectivity index (χ4n) is 3.15. The number of amides is 2. The van der Waals surface area contributed by atoms with Crippen LogP contribution in [-0.2, 0) is 16.0 Å². The van der Waals surface area contributed by atoms with Gasteiger partial charge in [-0.05, 0) is 36.8 Å². The number of nitrogens with one attached hydrogen (secondary N) is 2. The zero-order chi connectivity index (χ0) is 18.9. The van der Waals surface area contributed by atoms with Crippen LogP contribution in [0.5, 0.6) is 0 Å². The third-order valence-corrected chi connectivity index (χ3v) is 4.75. The molecule has 0 radical (unpaired) electrons. The van der Waals surface area contributed by atoms with Gasteiger partial charge in [-0.15, -0.1) is 0 Å². The van der Waals surface area contributed by atoms with Crippen molar-refractivity contribution in [3.05, 3.63) is 54.4 Å². The van der Waals surface area contributed by atoms with Crippen LogP contribution >= 0.6 is 0 Å². The van der Waals surface area contributed by atoms with Gasteiger partial charge in [0.1, 0.15) is 0 Å². The van der Waals surface area contributed by atoms with Crippen LogP contribution in [0.2, 0.25) is 0 Å². The molecule has 2 aromatic rings. The molecule has 1 aliphatic heterocycles. The molecular formula is C20H25N5O2. The van der Waals surface area contributed by atoms with E-state index < -0.39 is 11.8 Å². The first-order chi connectivity index (χ1) is 13.2. The summed E-state index contributed by atoms with van der Waals surface area (Å²) in [4.78, 5) is 34.5. The van der Waals surface area contributed by atoms with E-state index in [1.165, 1.54) is 0 Å². The van der Waals surface area contributed by atoms with Crippen LogP contribution in [0, 0.1) is 5.92 Å². The lowest BCUT2D eigenvalue weighted by Crippen LogP contribution is -2.44. The maximum atomic E-state index is 12.0. The number of carbonyl (C=O) groups excluding carboxylic acids is 2. The zero-order valence-electron chi connectivity index (χ0n) is 15.3. The van der Waals surface area contributed by atoms with Gasteiger partial charge in [0.05, 0.1) is 0 Å². The van der Waals surface area contributed by atoms with Crippen LogP contribution < -0.4 is 15.5 Å². The number of hydrogen-bond donors (Lipinski definition) is 2. The first kappa shape index (κ1) is 18.8. The van der Waals surface area contributed by atoms with Crippen molar-refractivity contribution < 1.29 is 9.59 Å². The Bertz CT molecular complexity index is 731. The van der Waals surface area contributed by atoms with Gasteiger partial charge in [0, 0.05) is 38.6 Å². The Morgan fingerprint density at radius 2 is 1.63 bits per heavy atom. The highest BCUT2D eigenvalue weighted by Crippen LogP contribution is 2.19. The number of anilines is 1. The SMILES string of the molecule is O=C(NCCc1ccccc1)C(=O)NCC1CCN(c2ncccn2)CC1. The fourth-order valence-corrected chi connectivity index (χ4v) is 3.15. The maximum Gasteiger partial charge on any atom is 0.309 e. The second-order valence-corrected chi connectivity index (χ2v) is 6.68. The lowest BCUT2D eigenvalue weighted by atomic mass is 9.97. The van der Waals surface area contributed by atoms with E-state index in [0.717, 1.165) is 37.4 Å². The molecule has 0 saturated carbocycles. The first-order valence-corrected chi connectivity index (χ1v) is 9.34. The highest BCUT2D eigenvalue weighted by Gasteiger charge is 2.22. The number of hydrogen-bond acceptors (Lipinski definition) is 5. The summed E-state index contributed by atoms with van der Waals surface area (Å²) < 4.78 is 0. The summed E-state index contributed by atoms with van der Waals surface area (Å²) in [5.74, 6) is -0.0123. The minimum absolute atomic E-state index is 0.367. The van der Waals surface area contributed by atoms with E-state index >= 15 is 0 Å². The van der Waals surface area contributed by atoms with Crippen molar-refractivity contribution in [2.75, 3.05) is 31.1 Å². The van der Waals surface area contributed by atoms with Gasteiger partial charge >= 0.3 is 11.8 Å². The van der Waals surface area contributed by atoms with Crippen LogP contribution in [0.1, 0.15) is 18.4 Å². The fraction of sp³-hybridized carbons (Fsp3) is 0.400. The molecule has 3 rings (SSSR count). The number of benzene rings is 1. The molecule has 1 aromatic heterocycles.